The summed E-state index contributed by atoms with van der Waals surface area (Å²) in [6.07, 6.45) is 4.58. The third-order valence-corrected chi connectivity index (χ3v) is 6.57. The molecule has 2 aromatic heterocycles. The summed E-state index contributed by atoms with van der Waals surface area (Å²) in [7, 11) is 2.25. The van der Waals surface area contributed by atoms with Gasteiger partial charge in [0.05, 0.1) is 17.8 Å². The molecule has 2 fully saturated rings. The number of fused-ring (bicyclic) bond motifs is 3. The molecule has 4 nitrogen and oxygen atoms in total. The molecule has 1 saturated heterocycles. The zero-order valence-electron chi connectivity index (χ0n) is 13.4. The Morgan fingerprint density at radius 3 is 2.87 bits per heavy atom. The van der Waals surface area contributed by atoms with Gasteiger partial charge >= 0.3 is 0 Å². The van der Waals surface area contributed by atoms with Crippen LogP contribution in [0.2, 0.25) is 0 Å². The summed E-state index contributed by atoms with van der Waals surface area (Å²) in [5.41, 5.74) is 3.56. The maximum atomic E-state index is 4.74. The molecule has 3 heterocycles. The number of thiazole rings is 1. The van der Waals surface area contributed by atoms with Gasteiger partial charge in [-0.3, -0.25) is 4.68 Å². The van der Waals surface area contributed by atoms with Gasteiger partial charge < -0.3 is 4.90 Å². The van der Waals surface area contributed by atoms with Crippen molar-refractivity contribution in [2.24, 2.45) is 5.92 Å². The largest absolute Gasteiger partial charge is 0.303 e. The highest BCUT2D eigenvalue weighted by Gasteiger charge is 2.44. The Balaban J connectivity index is 1.57. The van der Waals surface area contributed by atoms with E-state index in [0.29, 0.717) is 6.04 Å². The van der Waals surface area contributed by atoms with Crippen LogP contribution in [0.1, 0.15) is 24.6 Å². The maximum Gasteiger partial charge on any atom is 0.123 e. The Kier molecular flexibility index (Phi) is 2.91. The Hall–Kier alpha value is -1.72. The first-order valence-corrected chi connectivity index (χ1v) is 9.17. The lowest BCUT2D eigenvalue weighted by molar-refractivity contribution is 0.205. The Morgan fingerprint density at radius 2 is 2.17 bits per heavy atom. The van der Waals surface area contributed by atoms with Gasteiger partial charge in [0.1, 0.15) is 5.01 Å². The van der Waals surface area contributed by atoms with E-state index in [1.54, 1.807) is 11.3 Å². The van der Waals surface area contributed by atoms with Gasteiger partial charge in [-0.15, -0.1) is 11.3 Å². The number of benzene rings is 1. The number of aryl methyl sites for hydroxylation is 1. The number of rotatable bonds is 2. The summed E-state index contributed by atoms with van der Waals surface area (Å²) < 4.78 is 2.29. The summed E-state index contributed by atoms with van der Waals surface area (Å²) in [6.45, 7) is 3.26. The van der Waals surface area contributed by atoms with Crippen molar-refractivity contribution in [3.05, 3.63) is 35.5 Å². The van der Waals surface area contributed by atoms with Crippen LogP contribution in [-0.2, 0) is 0 Å². The molecule has 0 spiro atoms. The molecule has 5 rings (SSSR count). The van der Waals surface area contributed by atoms with E-state index < -0.39 is 0 Å². The van der Waals surface area contributed by atoms with Gasteiger partial charge in [-0.25, -0.2) is 4.98 Å². The zero-order valence-corrected chi connectivity index (χ0v) is 14.3. The van der Waals surface area contributed by atoms with Gasteiger partial charge in [0, 0.05) is 34.6 Å². The Morgan fingerprint density at radius 1 is 1.26 bits per heavy atom. The number of hydrogen-bond donors (Lipinski definition) is 0. The van der Waals surface area contributed by atoms with Crippen molar-refractivity contribution >= 4 is 22.2 Å². The summed E-state index contributed by atoms with van der Waals surface area (Å²) in [4.78, 5) is 7.14. The molecule has 2 aliphatic rings. The van der Waals surface area contributed by atoms with E-state index in [2.05, 4.69) is 52.1 Å². The molecule has 1 aliphatic carbocycles. The minimum atomic E-state index is 0.557. The lowest BCUT2D eigenvalue weighted by Gasteiger charge is -2.29. The summed E-state index contributed by atoms with van der Waals surface area (Å²) >= 11 is 1.72. The van der Waals surface area contributed by atoms with Crippen LogP contribution >= 0.6 is 11.3 Å². The van der Waals surface area contributed by atoms with Crippen LogP contribution in [0.3, 0.4) is 0 Å². The smallest absolute Gasteiger partial charge is 0.123 e. The van der Waals surface area contributed by atoms with Crippen molar-refractivity contribution in [3.63, 3.8) is 0 Å². The molecule has 0 N–H and O–H groups in total. The van der Waals surface area contributed by atoms with E-state index >= 15 is 0 Å². The number of aromatic nitrogens is 3. The van der Waals surface area contributed by atoms with Crippen molar-refractivity contribution in [2.75, 3.05) is 13.6 Å². The Bertz CT molecular complexity index is 878. The van der Waals surface area contributed by atoms with Gasteiger partial charge in [-0.1, -0.05) is 12.1 Å². The monoisotopic (exact) mass is 324 g/mol. The highest BCUT2D eigenvalue weighted by Crippen LogP contribution is 2.45. The molecule has 3 aromatic rings. The molecule has 3 unspecified atom stereocenters. The van der Waals surface area contributed by atoms with Crippen molar-refractivity contribution in [3.8, 4) is 10.6 Å². The van der Waals surface area contributed by atoms with Crippen LogP contribution in [-0.4, -0.2) is 39.3 Å². The van der Waals surface area contributed by atoms with Crippen LogP contribution in [0.15, 0.2) is 29.8 Å². The summed E-state index contributed by atoms with van der Waals surface area (Å²) in [5.74, 6) is 0.749. The predicted molar refractivity (Wildman–Crippen MR) is 93.8 cm³/mol. The first-order valence-electron chi connectivity index (χ1n) is 8.29. The maximum absolute atomic E-state index is 4.74. The molecule has 1 saturated carbocycles. The van der Waals surface area contributed by atoms with Crippen LogP contribution in [0.5, 0.6) is 0 Å². The van der Waals surface area contributed by atoms with Crippen molar-refractivity contribution < 1.29 is 0 Å². The van der Waals surface area contributed by atoms with Crippen LogP contribution < -0.4 is 0 Å². The topological polar surface area (TPSA) is 34.0 Å². The van der Waals surface area contributed by atoms with Crippen molar-refractivity contribution in [1.29, 1.82) is 0 Å². The molecule has 118 valence electrons. The third kappa shape index (κ3) is 2.07. The molecule has 0 amide bonds. The molecule has 2 bridgehead atoms. The summed E-state index contributed by atoms with van der Waals surface area (Å²) in [5, 5.41) is 9.19. The fraction of sp³-hybridized carbons (Fsp3) is 0.444. The van der Waals surface area contributed by atoms with Crippen LogP contribution in [0.4, 0.5) is 0 Å². The molecule has 1 aliphatic heterocycles. The quantitative estimate of drug-likeness (QED) is 0.720. The van der Waals surface area contributed by atoms with Crippen molar-refractivity contribution in [1.82, 2.24) is 19.7 Å². The molecule has 1 aromatic carbocycles. The predicted octanol–water partition coefficient (Wildman–Crippen LogP) is 3.73. The highest BCUT2D eigenvalue weighted by molar-refractivity contribution is 7.13. The van der Waals surface area contributed by atoms with E-state index in [1.165, 1.54) is 35.9 Å². The summed E-state index contributed by atoms with van der Waals surface area (Å²) in [6, 6.07) is 7.93. The van der Waals surface area contributed by atoms with Crippen LogP contribution in [0, 0.1) is 12.8 Å². The fourth-order valence-corrected chi connectivity index (χ4v) is 5.16. The number of hydrogen-bond acceptors (Lipinski definition) is 4. The molecular formula is C18H20N4S. The van der Waals surface area contributed by atoms with E-state index in [1.807, 2.05) is 6.20 Å². The van der Waals surface area contributed by atoms with E-state index in [0.717, 1.165) is 22.7 Å². The SMILES string of the molecule is Cc1csc(-c2ccc3cnn(C4CC5CC4CN5C)c3c2)n1. The lowest BCUT2D eigenvalue weighted by atomic mass is 10.0. The second kappa shape index (κ2) is 4.89. The average Bonchev–Trinajstić information content (AvgIpc) is 3.28. The Labute approximate surface area is 139 Å². The van der Waals surface area contributed by atoms with Crippen LogP contribution in [0.25, 0.3) is 21.5 Å². The number of nitrogens with zero attached hydrogens (tertiary/aromatic N) is 4. The fourth-order valence-electron chi connectivity index (χ4n) is 4.37. The minimum absolute atomic E-state index is 0.557. The zero-order chi connectivity index (χ0) is 15.6. The normalized spacial score (nSPS) is 27.3. The number of piperidine rings is 1. The van der Waals surface area contributed by atoms with Gasteiger partial charge in [0.15, 0.2) is 0 Å². The molecule has 5 heteroatoms. The van der Waals surface area contributed by atoms with Gasteiger partial charge in [0.25, 0.3) is 0 Å². The first kappa shape index (κ1) is 13.7. The van der Waals surface area contributed by atoms with Gasteiger partial charge in [-0.2, -0.15) is 5.10 Å². The minimum Gasteiger partial charge on any atom is -0.303 e. The molecular weight excluding hydrogens is 304 g/mol. The molecule has 3 atom stereocenters. The lowest BCUT2D eigenvalue weighted by Crippen LogP contribution is -2.33. The van der Waals surface area contributed by atoms with Gasteiger partial charge in [0.2, 0.25) is 0 Å². The average molecular weight is 324 g/mol. The molecule has 23 heavy (non-hydrogen) atoms. The number of likely N-dealkylation sites (tertiary alicyclic amines) is 1. The third-order valence-electron chi connectivity index (χ3n) is 5.56. The van der Waals surface area contributed by atoms with Crippen molar-refractivity contribution in [2.45, 2.75) is 31.8 Å². The second-order valence-corrected chi connectivity index (χ2v) is 7.91. The van der Waals surface area contributed by atoms with Gasteiger partial charge in [-0.05, 0) is 38.8 Å². The first-order chi connectivity index (χ1) is 11.2. The van der Waals surface area contributed by atoms with E-state index in [-0.39, 0.29) is 0 Å². The van der Waals surface area contributed by atoms with E-state index in [4.69, 9.17) is 5.10 Å². The molecule has 0 radical (unpaired) electrons. The standard InChI is InChI=1S/C18H20N4S/c1-11-10-23-18(20-11)12-3-4-13-8-19-22(16(13)6-12)17-7-15-5-14(17)9-21(15)2/h3-4,6,8,10,14-15,17H,5,7,9H2,1-2H3. The van der Waals surface area contributed by atoms with E-state index in [9.17, 15) is 0 Å². The second-order valence-electron chi connectivity index (χ2n) is 7.05. The highest BCUT2D eigenvalue weighted by atomic mass is 32.1.